The number of hydrogen-bond donors (Lipinski definition) is 0. The van der Waals surface area contributed by atoms with Gasteiger partial charge in [0.25, 0.3) is 0 Å². The molecule has 0 N–H and O–H groups in total. The van der Waals surface area contributed by atoms with Crippen LogP contribution in [0.25, 0.3) is 0 Å². The van der Waals surface area contributed by atoms with Gasteiger partial charge in [0.2, 0.25) is 0 Å². The van der Waals surface area contributed by atoms with E-state index >= 15 is 0 Å². The van der Waals surface area contributed by atoms with Crippen molar-refractivity contribution in [3.05, 3.63) is 12.2 Å². The molecule has 0 aromatic heterocycles. The first-order chi connectivity index (χ1) is 9.17. The van der Waals surface area contributed by atoms with E-state index in [9.17, 15) is 0 Å². The Balaban J connectivity index is 2.50. The average Bonchev–Trinajstić information content (AvgIpc) is 2.39. The minimum absolute atomic E-state index is 0.844. The number of hydrogen-bond acceptors (Lipinski definition) is 1. The summed E-state index contributed by atoms with van der Waals surface area (Å²) in [5.74, 6) is 1.80. The van der Waals surface area contributed by atoms with Gasteiger partial charge >= 0.3 is 0 Å². The quantitative estimate of drug-likeness (QED) is 0.540. The largest absolute Gasteiger partial charge is 0.296 e. The van der Waals surface area contributed by atoms with E-state index in [2.05, 4.69) is 44.7 Å². The van der Waals surface area contributed by atoms with E-state index < -0.39 is 0 Å². The van der Waals surface area contributed by atoms with Gasteiger partial charge in [0.05, 0.1) is 0 Å². The minimum atomic E-state index is 0.844. The van der Waals surface area contributed by atoms with Crippen LogP contribution in [-0.2, 0) is 0 Å². The van der Waals surface area contributed by atoms with Gasteiger partial charge in [0.15, 0.2) is 0 Å². The van der Waals surface area contributed by atoms with Crippen LogP contribution in [0.2, 0.25) is 0 Å². The van der Waals surface area contributed by atoms with Crippen molar-refractivity contribution in [2.24, 2.45) is 11.8 Å². The Morgan fingerprint density at radius 1 is 1.11 bits per heavy atom. The Labute approximate surface area is 121 Å². The molecular weight excluding hydrogens is 230 g/mol. The van der Waals surface area contributed by atoms with Crippen molar-refractivity contribution in [2.75, 3.05) is 13.1 Å². The number of rotatable bonds is 8. The summed E-state index contributed by atoms with van der Waals surface area (Å²) in [6.45, 7) is 11.8. The van der Waals surface area contributed by atoms with E-state index in [1.807, 2.05) is 0 Å². The minimum Gasteiger partial charge on any atom is -0.296 e. The molecule has 1 aliphatic rings. The lowest BCUT2D eigenvalue weighted by Crippen LogP contribution is -2.40. The predicted molar refractivity (Wildman–Crippen MR) is 86.5 cm³/mol. The molecule has 1 aliphatic carbocycles. The Morgan fingerprint density at radius 2 is 1.79 bits per heavy atom. The summed E-state index contributed by atoms with van der Waals surface area (Å²) < 4.78 is 0. The summed E-state index contributed by atoms with van der Waals surface area (Å²) in [7, 11) is 0. The molecule has 0 aromatic carbocycles. The van der Waals surface area contributed by atoms with Crippen LogP contribution in [0.4, 0.5) is 0 Å². The highest BCUT2D eigenvalue weighted by atomic mass is 15.2. The molecule has 112 valence electrons. The van der Waals surface area contributed by atoms with Crippen LogP contribution in [0.15, 0.2) is 12.2 Å². The van der Waals surface area contributed by atoms with Crippen LogP contribution in [0, 0.1) is 11.8 Å². The highest BCUT2D eigenvalue weighted by molar-refractivity contribution is 4.88. The van der Waals surface area contributed by atoms with E-state index in [4.69, 9.17) is 0 Å². The first-order valence-corrected chi connectivity index (χ1v) is 8.56. The maximum atomic E-state index is 2.76. The van der Waals surface area contributed by atoms with E-state index in [1.54, 1.807) is 0 Å². The van der Waals surface area contributed by atoms with Crippen LogP contribution >= 0.6 is 0 Å². The zero-order chi connectivity index (χ0) is 14.1. The number of nitrogens with zero attached hydrogens (tertiary/aromatic N) is 1. The molecule has 1 heteroatoms. The highest BCUT2D eigenvalue weighted by Crippen LogP contribution is 2.28. The summed E-state index contributed by atoms with van der Waals surface area (Å²) in [6.07, 6.45) is 14.3. The fraction of sp³-hybridized carbons (Fsp3) is 0.889. The Bertz CT molecular complexity index is 238. The zero-order valence-corrected chi connectivity index (χ0v) is 13.7. The van der Waals surface area contributed by atoms with Gasteiger partial charge in [-0.15, -0.1) is 0 Å². The lowest BCUT2D eigenvalue weighted by Gasteiger charge is -2.37. The molecule has 1 saturated carbocycles. The third-order valence-electron chi connectivity index (χ3n) is 4.57. The van der Waals surface area contributed by atoms with Crippen LogP contribution in [0.1, 0.15) is 72.6 Å². The molecule has 1 nitrogen and oxygen atoms in total. The SMILES string of the molecule is CC/C=C/CN(CC(C)CCC)C1CCC(C)CC1. The standard InChI is InChI=1S/C18H35N/c1-5-7-8-14-19(15-17(4)9-6-2)18-12-10-16(3)11-13-18/h7-8,16-18H,5-6,9-15H2,1-4H3/b8-7+. The van der Waals surface area contributed by atoms with Crippen molar-refractivity contribution >= 4 is 0 Å². The van der Waals surface area contributed by atoms with Gasteiger partial charge in [-0.3, -0.25) is 4.90 Å². The molecule has 0 aromatic rings. The van der Waals surface area contributed by atoms with E-state index in [1.165, 1.54) is 58.0 Å². The van der Waals surface area contributed by atoms with E-state index in [0.29, 0.717) is 0 Å². The van der Waals surface area contributed by atoms with Gasteiger partial charge < -0.3 is 0 Å². The normalized spacial score (nSPS) is 26.2. The Morgan fingerprint density at radius 3 is 2.37 bits per heavy atom. The van der Waals surface area contributed by atoms with Gasteiger partial charge in [-0.2, -0.15) is 0 Å². The molecule has 19 heavy (non-hydrogen) atoms. The molecule has 0 amide bonds. The Kier molecular flexibility index (Phi) is 8.45. The van der Waals surface area contributed by atoms with Crippen LogP contribution < -0.4 is 0 Å². The Hall–Kier alpha value is -0.300. The second-order valence-electron chi connectivity index (χ2n) is 6.64. The summed E-state index contributed by atoms with van der Waals surface area (Å²) in [5.41, 5.74) is 0. The number of allylic oxidation sites excluding steroid dienone is 1. The van der Waals surface area contributed by atoms with Gasteiger partial charge in [0.1, 0.15) is 0 Å². The molecule has 0 aliphatic heterocycles. The highest BCUT2D eigenvalue weighted by Gasteiger charge is 2.24. The van der Waals surface area contributed by atoms with Crippen LogP contribution in [0.3, 0.4) is 0 Å². The molecule has 0 bridgehead atoms. The van der Waals surface area contributed by atoms with E-state index in [0.717, 1.165) is 17.9 Å². The predicted octanol–water partition coefficient (Wildman–Crippen LogP) is 5.27. The smallest absolute Gasteiger partial charge is 0.0166 e. The van der Waals surface area contributed by atoms with Gasteiger partial charge in [0, 0.05) is 19.1 Å². The molecular formula is C18H35N. The summed E-state index contributed by atoms with van der Waals surface area (Å²) in [5, 5.41) is 0. The summed E-state index contributed by atoms with van der Waals surface area (Å²) >= 11 is 0. The van der Waals surface area contributed by atoms with Crippen molar-refractivity contribution in [1.82, 2.24) is 4.90 Å². The first kappa shape index (κ1) is 16.8. The molecule has 0 heterocycles. The molecule has 0 saturated heterocycles. The van der Waals surface area contributed by atoms with Crippen LogP contribution in [0.5, 0.6) is 0 Å². The fourth-order valence-electron chi connectivity index (χ4n) is 3.34. The lowest BCUT2D eigenvalue weighted by atomic mass is 9.86. The van der Waals surface area contributed by atoms with Gasteiger partial charge in [-0.1, -0.05) is 46.3 Å². The van der Waals surface area contributed by atoms with Crippen molar-refractivity contribution in [3.8, 4) is 0 Å². The summed E-state index contributed by atoms with van der Waals surface area (Å²) in [4.78, 5) is 2.76. The van der Waals surface area contributed by atoms with Crippen molar-refractivity contribution < 1.29 is 0 Å². The first-order valence-electron chi connectivity index (χ1n) is 8.56. The second kappa shape index (κ2) is 9.58. The second-order valence-corrected chi connectivity index (χ2v) is 6.64. The van der Waals surface area contributed by atoms with Crippen LogP contribution in [-0.4, -0.2) is 24.0 Å². The van der Waals surface area contributed by atoms with Crippen molar-refractivity contribution in [1.29, 1.82) is 0 Å². The topological polar surface area (TPSA) is 3.24 Å². The molecule has 1 fully saturated rings. The molecule has 0 radical (unpaired) electrons. The lowest BCUT2D eigenvalue weighted by molar-refractivity contribution is 0.134. The molecule has 0 spiro atoms. The molecule has 1 rings (SSSR count). The maximum absolute atomic E-state index is 2.76. The average molecular weight is 265 g/mol. The molecule has 1 atom stereocenters. The van der Waals surface area contributed by atoms with E-state index in [-0.39, 0.29) is 0 Å². The third kappa shape index (κ3) is 6.61. The van der Waals surface area contributed by atoms with Gasteiger partial charge in [-0.05, 0) is 50.4 Å². The third-order valence-corrected chi connectivity index (χ3v) is 4.57. The molecule has 1 unspecified atom stereocenters. The van der Waals surface area contributed by atoms with Crippen molar-refractivity contribution in [2.45, 2.75) is 78.7 Å². The van der Waals surface area contributed by atoms with Gasteiger partial charge in [-0.25, -0.2) is 0 Å². The monoisotopic (exact) mass is 265 g/mol. The van der Waals surface area contributed by atoms with Crippen molar-refractivity contribution in [3.63, 3.8) is 0 Å². The summed E-state index contributed by atoms with van der Waals surface area (Å²) in [6, 6.07) is 0.844. The maximum Gasteiger partial charge on any atom is 0.0166 e. The zero-order valence-electron chi connectivity index (χ0n) is 13.7. The fourth-order valence-corrected chi connectivity index (χ4v) is 3.34.